The largest absolute Gasteiger partial charge is 0.204 e. The fourth-order valence-electron chi connectivity index (χ4n) is 2.94. The third kappa shape index (κ3) is 3.26. The lowest BCUT2D eigenvalue weighted by molar-refractivity contribution is 0.507. The zero-order chi connectivity index (χ0) is 14.8. The number of halogens is 3. The highest BCUT2D eigenvalue weighted by Crippen LogP contribution is 2.30. The molecule has 0 heterocycles. The van der Waals surface area contributed by atoms with Crippen LogP contribution in [0, 0.1) is 11.6 Å². The molecular weight excluding hydrogens is 290 g/mol. The van der Waals surface area contributed by atoms with Crippen LogP contribution in [0.3, 0.4) is 0 Å². The molecular formula is C18H17ClF2. The Morgan fingerprint density at radius 2 is 1.67 bits per heavy atom. The van der Waals surface area contributed by atoms with E-state index >= 15 is 0 Å². The third-order valence-electron chi connectivity index (χ3n) is 4.13. The van der Waals surface area contributed by atoms with E-state index in [0.29, 0.717) is 12.0 Å². The van der Waals surface area contributed by atoms with E-state index in [-0.39, 0.29) is 5.38 Å². The molecule has 0 N–H and O–H groups in total. The van der Waals surface area contributed by atoms with Crippen molar-refractivity contribution in [3.63, 3.8) is 0 Å². The smallest absolute Gasteiger partial charge is 0.159 e. The summed E-state index contributed by atoms with van der Waals surface area (Å²) in [6, 6.07) is 10.4. The molecule has 0 fully saturated rings. The van der Waals surface area contributed by atoms with Gasteiger partial charge in [0.05, 0.1) is 5.38 Å². The van der Waals surface area contributed by atoms with Crippen molar-refractivity contribution in [2.75, 3.05) is 0 Å². The molecule has 2 aromatic carbocycles. The van der Waals surface area contributed by atoms with E-state index in [1.807, 2.05) is 0 Å². The second-order valence-corrected chi connectivity index (χ2v) is 6.18. The van der Waals surface area contributed by atoms with Crippen molar-refractivity contribution in [3.05, 3.63) is 70.3 Å². The van der Waals surface area contributed by atoms with Gasteiger partial charge in [-0.1, -0.05) is 24.3 Å². The van der Waals surface area contributed by atoms with Gasteiger partial charge in [-0.05, 0) is 66.5 Å². The molecule has 1 atom stereocenters. The predicted molar refractivity (Wildman–Crippen MR) is 81.7 cm³/mol. The molecule has 0 spiro atoms. The van der Waals surface area contributed by atoms with Crippen LogP contribution in [0.5, 0.6) is 0 Å². The number of hydrogen-bond acceptors (Lipinski definition) is 0. The summed E-state index contributed by atoms with van der Waals surface area (Å²) in [4.78, 5) is 0. The number of fused-ring (bicyclic) bond motifs is 1. The predicted octanol–water partition coefficient (Wildman–Crippen LogP) is 5.37. The maximum Gasteiger partial charge on any atom is 0.159 e. The first-order chi connectivity index (χ1) is 10.1. The summed E-state index contributed by atoms with van der Waals surface area (Å²) in [6.07, 6.45) is 5.24. The Hall–Kier alpha value is -1.41. The molecule has 0 amide bonds. The molecule has 3 heteroatoms. The van der Waals surface area contributed by atoms with Gasteiger partial charge in [-0.15, -0.1) is 11.6 Å². The number of alkyl halides is 1. The molecule has 3 rings (SSSR count). The van der Waals surface area contributed by atoms with Crippen LogP contribution in [-0.4, -0.2) is 0 Å². The topological polar surface area (TPSA) is 0 Å². The molecule has 2 aromatic rings. The Bertz CT molecular complexity index is 652. The molecule has 1 aliphatic rings. The minimum absolute atomic E-state index is 0.220. The molecule has 0 nitrogen and oxygen atoms in total. The standard InChI is InChI=1S/C18H17ClF2/c19-16(9-12-5-8-17(20)18(21)10-12)15-7-6-13-3-1-2-4-14(13)11-15/h5-8,10-11,16H,1-4,9H2. The van der Waals surface area contributed by atoms with Gasteiger partial charge < -0.3 is 0 Å². The van der Waals surface area contributed by atoms with E-state index in [1.54, 1.807) is 6.07 Å². The maximum absolute atomic E-state index is 13.2. The van der Waals surface area contributed by atoms with Gasteiger partial charge in [0, 0.05) is 0 Å². The molecule has 0 saturated carbocycles. The number of rotatable bonds is 3. The average molecular weight is 307 g/mol. The van der Waals surface area contributed by atoms with Crippen molar-refractivity contribution in [1.29, 1.82) is 0 Å². The quantitative estimate of drug-likeness (QED) is 0.669. The monoisotopic (exact) mass is 306 g/mol. The van der Waals surface area contributed by atoms with Gasteiger partial charge in [-0.25, -0.2) is 8.78 Å². The highest BCUT2D eigenvalue weighted by Gasteiger charge is 2.15. The minimum Gasteiger partial charge on any atom is -0.204 e. The first-order valence-electron chi connectivity index (χ1n) is 7.33. The fourth-order valence-corrected chi connectivity index (χ4v) is 3.25. The lowest BCUT2D eigenvalue weighted by atomic mass is 9.89. The Labute approximate surface area is 128 Å². The van der Waals surface area contributed by atoms with E-state index in [4.69, 9.17) is 11.6 Å². The number of benzene rings is 2. The number of aryl methyl sites for hydroxylation is 2. The van der Waals surface area contributed by atoms with Gasteiger partial charge in [-0.2, -0.15) is 0 Å². The lowest BCUT2D eigenvalue weighted by Crippen LogP contribution is -2.05. The van der Waals surface area contributed by atoms with Crippen LogP contribution in [0.1, 0.15) is 40.5 Å². The van der Waals surface area contributed by atoms with Crippen LogP contribution in [-0.2, 0) is 19.3 Å². The SMILES string of the molecule is Fc1ccc(CC(Cl)c2ccc3c(c2)CCCC3)cc1F. The van der Waals surface area contributed by atoms with Crippen LogP contribution in [0.15, 0.2) is 36.4 Å². The van der Waals surface area contributed by atoms with Crippen LogP contribution >= 0.6 is 11.6 Å². The van der Waals surface area contributed by atoms with Crippen molar-refractivity contribution in [3.8, 4) is 0 Å². The maximum atomic E-state index is 13.2. The lowest BCUT2D eigenvalue weighted by Gasteiger charge is -2.18. The third-order valence-corrected chi connectivity index (χ3v) is 4.54. The van der Waals surface area contributed by atoms with E-state index < -0.39 is 11.6 Å². The molecule has 1 unspecified atom stereocenters. The summed E-state index contributed by atoms with van der Waals surface area (Å²) in [5.41, 5.74) is 4.57. The highest BCUT2D eigenvalue weighted by molar-refractivity contribution is 6.20. The van der Waals surface area contributed by atoms with E-state index in [1.165, 1.54) is 30.0 Å². The summed E-state index contributed by atoms with van der Waals surface area (Å²) in [5.74, 6) is -1.64. The van der Waals surface area contributed by atoms with Crippen LogP contribution in [0.2, 0.25) is 0 Å². The van der Waals surface area contributed by atoms with Crippen molar-refractivity contribution in [2.45, 2.75) is 37.5 Å². The normalized spacial score (nSPS) is 15.6. The van der Waals surface area contributed by atoms with E-state index in [2.05, 4.69) is 18.2 Å². The Morgan fingerprint density at radius 1 is 0.905 bits per heavy atom. The van der Waals surface area contributed by atoms with Crippen molar-refractivity contribution < 1.29 is 8.78 Å². The summed E-state index contributed by atoms with van der Waals surface area (Å²) < 4.78 is 26.2. The second-order valence-electron chi connectivity index (χ2n) is 5.66. The average Bonchev–Trinajstić information content (AvgIpc) is 2.50. The Balaban J connectivity index is 1.78. The molecule has 0 aromatic heterocycles. The van der Waals surface area contributed by atoms with Gasteiger partial charge >= 0.3 is 0 Å². The van der Waals surface area contributed by atoms with Gasteiger partial charge in [0.15, 0.2) is 11.6 Å². The second kappa shape index (κ2) is 6.15. The zero-order valence-electron chi connectivity index (χ0n) is 11.7. The molecule has 0 bridgehead atoms. The summed E-state index contributed by atoms with van der Waals surface area (Å²) >= 11 is 6.46. The van der Waals surface area contributed by atoms with Crippen molar-refractivity contribution in [1.82, 2.24) is 0 Å². The van der Waals surface area contributed by atoms with Crippen molar-refractivity contribution >= 4 is 11.6 Å². The summed E-state index contributed by atoms with van der Waals surface area (Å²) in [6.45, 7) is 0. The zero-order valence-corrected chi connectivity index (χ0v) is 12.5. The molecule has 110 valence electrons. The van der Waals surface area contributed by atoms with Crippen LogP contribution < -0.4 is 0 Å². The molecule has 0 saturated heterocycles. The summed E-state index contributed by atoms with van der Waals surface area (Å²) in [7, 11) is 0. The molecule has 0 aliphatic heterocycles. The molecule has 21 heavy (non-hydrogen) atoms. The van der Waals surface area contributed by atoms with Crippen LogP contribution in [0.25, 0.3) is 0 Å². The van der Waals surface area contributed by atoms with E-state index in [9.17, 15) is 8.78 Å². The van der Waals surface area contributed by atoms with Gasteiger partial charge in [0.25, 0.3) is 0 Å². The minimum atomic E-state index is -0.821. The molecule has 0 radical (unpaired) electrons. The summed E-state index contributed by atoms with van der Waals surface area (Å²) in [5, 5.41) is -0.220. The van der Waals surface area contributed by atoms with E-state index in [0.717, 1.165) is 24.5 Å². The first-order valence-corrected chi connectivity index (χ1v) is 7.77. The highest BCUT2D eigenvalue weighted by atomic mass is 35.5. The van der Waals surface area contributed by atoms with Gasteiger partial charge in [0.1, 0.15) is 0 Å². The Kier molecular flexibility index (Phi) is 4.25. The Morgan fingerprint density at radius 3 is 2.43 bits per heavy atom. The number of hydrogen-bond donors (Lipinski definition) is 0. The van der Waals surface area contributed by atoms with Crippen molar-refractivity contribution in [2.24, 2.45) is 0 Å². The molecule has 1 aliphatic carbocycles. The van der Waals surface area contributed by atoms with Gasteiger partial charge in [0.2, 0.25) is 0 Å². The van der Waals surface area contributed by atoms with Gasteiger partial charge in [-0.3, -0.25) is 0 Å². The fraction of sp³-hybridized carbons (Fsp3) is 0.333. The first kappa shape index (κ1) is 14.5. The van der Waals surface area contributed by atoms with Crippen LogP contribution in [0.4, 0.5) is 8.78 Å².